The summed E-state index contributed by atoms with van der Waals surface area (Å²) in [5.41, 5.74) is -0.810. The molecule has 0 radical (unpaired) electrons. The van der Waals surface area contributed by atoms with Gasteiger partial charge in [0.25, 0.3) is 11.9 Å². The van der Waals surface area contributed by atoms with Crippen molar-refractivity contribution in [2.24, 2.45) is 7.05 Å². The molecule has 0 fully saturated rings. The van der Waals surface area contributed by atoms with Gasteiger partial charge in [-0.05, 0) is 13.8 Å². The average Bonchev–Trinajstić information content (AvgIpc) is 2.70. The third-order valence-corrected chi connectivity index (χ3v) is 3.62. The summed E-state index contributed by atoms with van der Waals surface area (Å²) in [6.07, 6.45) is 0. The molecular formula is C14H12F4N2O2. The number of hydrogen-bond acceptors (Lipinski definition) is 3. The van der Waals surface area contributed by atoms with E-state index in [4.69, 9.17) is 0 Å². The minimum Gasteiger partial charge on any atom is -0.465 e. The number of pyridine rings is 1. The molecule has 0 aliphatic heterocycles. The monoisotopic (exact) mass is 316 g/mol. The topological polar surface area (TPSA) is 44.1 Å². The number of halogens is 4. The van der Waals surface area contributed by atoms with Crippen LogP contribution in [0.3, 0.4) is 0 Å². The van der Waals surface area contributed by atoms with Crippen molar-refractivity contribution in [2.45, 2.75) is 13.8 Å². The van der Waals surface area contributed by atoms with E-state index in [9.17, 15) is 22.4 Å². The summed E-state index contributed by atoms with van der Waals surface area (Å²) in [5.74, 6) is -7.78. The summed E-state index contributed by atoms with van der Waals surface area (Å²) in [6.45, 7) is 2.98. The van der Waals surface area contributed by atoms with Crippen LogP contribution in [0.15, 0.2) is 0 Å². The molecule has 8 heteroatoms. The lowest BCUT2D eigenvalue weighted by Crippen LogP contribution is -2.08. The Morgan fingerprint density at radius 2 is 1.50 bits per heavy atom. The number of rotatable bonds is 2. The first kappa shape index (κ1) is 16.0. The molecule has 0 N–H and O–H groups in total. The molecule has 0 spiro atoms. The first-order valence-corrected chi connectivity index (χ1v) is 6.16. The third kappa shape index (κ3) is 2.15. The predicted molar refractivity (Wildman–Crippen MR) is 69.3 cm³/mol. The Balaban J connectivity index is 2.96. The molecule has 22 heavy (non-hydrogen) atoms. The lowest BCUT2D eigenvalue weighted by molar-refractivity contribution is 0.0600. The van der Waals surface area contributed by atoms with Gasteiger partial charge in [0.1, 0.15) is 0 Å². The number of hydrogen-bond donors (Lipinski definition) is 0. The zero-order valence-electron chi connectivity index (χ0n) is 12.2. The molecule has 2 heterocycles. The SMILES string of the molecule is COC(=O)c1c(-c2c(F)c(F)nc(F)c2F)c(C)n(C)c1C. The molecule has 0 saturated carbocycles. The van der Waals surface area contributed by atoms with Gasteiger partial charge in [-0.25, -0.2) is 13.6 Å². The number of methoxy groups -OCH3 is 1. The lowest BCUT2D eigenvalue weighted by atomic mass is 10.0. The van der Waals surface area contributed by atoms with Gasteiger partial charge in [-0.2, -0.15) is 13.8 Å². The Labute approximate surface area is 123 Å². The zero-order valence-corrected chi connectivity index (χ0v) is 12.2. The van der Waals surface area contributed by atoms with E-state index in [0.29, 0.717) is 5.69 Å². The van der Waals surface area contributed by atoms with Crippen LogP contribution in [0, 0.1) is 37.4 Å². The third-order valence-electron chi connectivity index (χ3n) is 3.62. The summed E-state index contributed by atoms with van der Waals surface area (Å²) < 4.78 is 60.7. The number of carbonyl (C=O) groups excluding carboxylic acids is 1. The molecular weight excluding hydrogens is 304 g/mol. The highest BCUT2D eigenvalue weighted by Crippen LogP contribution is 2.36. The largest absolute Gasteiger partial charge is 0.465 e. The number of aromatic nitrogens is 2. The summed E-state index contributed by atoms with van der Waals surface area (Å²) >= 11 is 0. The van der Waals surface area contributed by atoms with E-state index < -0.39 is 35.1 Å². The van der Waals surface area contributed by atoms with Gasteiger partial charge in [0, 0.05) is 24.0 Å². The van der Waals surface area contributed by atoms with E-state index in [2.05, 4.69) is 9.72 Å². The van der Waals surface area contributed by atoms with E-state index in [0.717, 1.165) is 7.11 Å². The molecule has 0 aliphatic rings. The van der Waals surface area contributed by atoms with E-state index in [1.807, 2.05) is 0 Å². The van der Waals surface area contributed by atoms with Crippen molar-refractivity contribution in [3.8, 4) is 11.1 Å². The number of nitrogens with zero attached hydrogens (tertiary/aromatic N) is 2. The van der Waals surface area contributed by atoms with Gasteiger partial charge in [0.15, 0.2) is 11.6 Å². The summed E-state index contributed by atoms with van der Waals surface area (Å²) in [6, 6.07) is 0. The van der Waals surface area contributed by atoms with Gasteiger partial charge in [-0.1, -0.05) is 0 Å². The van der Waals surface area contributed by atoms with Crippen LogP contribution in [-0.2, 0) is 11.8 Å². The van der Waals surface area contributed by atoms with Crippen molar-refractivity contribution in [1.29, 1.82) is 0 Å². The first-order chi connectivity index (χ1) is 10.2. The van der Waals surface area contributed by atoms with Crippen LogP contribution in [0.25, 0.3) is 11.1 Å². The van der Waals surface area contributed by atoms with E-state index in [-0.39, 0.29) is 16.8 Å². The van der Waals surface area contributed by atoms with E-state index in [1.54, 1.807) is 7.05 Å². The highest BCUT2D eigenvalue weighted by molar-refractivity contribution is 5.99. The second-order valence-corrected chi connectivity index (χ2v) is 4.67. The lowest BCUT2D eigenvalue weighted by Gasteiger charge is -2.09. The maximum absolute atomic E-state index is 14.0. The normalized spacial score (nSPS) is 10.9. The fraction of sp³-hybridized carbons (Fsp3) is 0.286. The van der Waals surface area contributed by atoms with Gasteiger partial charge >= 0.3 is 5.97 Å². The number of ether oxygens (including phenoxy) is 1. The molecule has 0 bridgehead atoms. The Morgan fingerprint density at radius 1 is 1.00 bits per heavy atom. The first-order valence-electron chi connectivity index (χ1n) is 6.16. The van der Waals surface area contributed by atoms with Crippen LogP contribution in [-0.4, -0.2) is 22.6 Å². The van der Waals surface area contributed by atoms with Crippen molar-refractivity contribution in [1.82, 2.24) is 9.55 Å². The molecule has 2 rings (SSSR count). The van der Waals surface area contributed by atoms with Crippen molar-refractivity contribution in [3.05, 3.63) is 40.5 Å². The Kier molecular flexibility index (Phi) is 3.95. The minimum absolute atomic E-state index is 0.162. The highest BCUT2D eigenvalue weighted by atomic mass is 19.2. The summed E-state index contributed by atoms with van der Waals surface area (Å²) in [4.78, 5) is 14.4. The van der Waals surface area contributed by atoms with Gasteiger partial charge in [0.2, 0.25) is 0 Å². The van der Waals surface area contributed by atoms with Crippen LogP contribution < -0.4 is 0 Å². The van der Waals surface area contributed by atoms with E-state index >= 15 is 0 Å². The quantitative estimate of drug-likeness (QED) is 0.486. The standard InChI is InChI=1S/C14H12F4N2O2/c1-5-7(8(14(21)22-4)6(2)20(5)3)9-10(15)12(17)19-13(18)11(9)16/h1-4H3. The molecule has 0 atom stereocenters. The molecule has 2 aromatic heterocycles. The van der Waals surface area contributed by atoms with Crippen LogP contribution in [0.5, 0.6) is 0 Å². The van der Waals surface area contributed by atoms with Crippen molar-refractivity contribution in [3.63, 3.8) is 0 Å². The van der Waals surface area contributed by atoms with Crippen molar-refractivity contribution >= 4 is 5.97 Å². The molecule has 0 saturated heterocycles. The zero-order chi connectivity index (χ0) is 16.8. The van der Waals surface area contributed by atoms with Gasteiger partial charge in [-0.15, -0.1) is 0 Å². The highest BCUT2D eigenvalue weighted by Gasteiger charge is 2.31. The van der Waals surface area contributed by atoms with Gasteiger partial charge in [-0.3, -0.25) is 0 Å². The minimum atomic E-state index is -1.79. The summed E-state index contributed by atoms with van der Waals surface area (Å²) in [5, 5.41) is 0. The summed E-state index contributed by atoms with van der Waals surface area (Å²) in [7, 11) is 2.64. The van der Waals surface area contributed by atoms with Crippen LogP contribution in [0.4, 0.5) is 17.6 Å². The molecule has 0 aliphatic carbocycles. The maximum atomic E-state index is 14.0. The fourth-order valence-electron chi connectivity index (χ4n) is 2.31. The Hall–Kier alpha value is -2.38. The molecule has 0 aromatic carbocycles. The van der Waals surface area contributed by atoms with Crippen molar-refractivity contribution in [2.75, 3.05) is 7.11 Å². The average molecular weight is 316 g/mol. The smallest absolute Gasteiger partial charge is 0.340 e. The maximum Gasteiger partial charge on any atom is 0.340 e. The molecule has 0 amide bonds. The Bertz CT molecular complexity index is 758. The Morgan fingerprint density at radius 3 is 1.95 bits per heavy atom. The van der Waals surface area contributed by atoms with Crippen LogP contribution >= 0.6 is 0 Å². The van der Waals surface area contributed by atoms with E-state index in [1.165, 1.54) is 18.4 Å². The van der Waals surface area contributed by atoms with Crippen LogP contribution in [0.2, 0.25) is 0 Å². The molecule has 0 unspecified atom stereocenters. The fourth-order valence-corrected chi connectivity index (χ4v) is 2.31. The molecule has 4 nitrogen and oxygen atoms in total. The second-order valence-electron chi connectivity index (χ2n) is 4.67. The van der Waals surface area contributed by atoms with Gasteiger partial charge in [0.05, 0.1) is 18.2 Å². The number of esters is 1. The van der Waals surface area contributed by atoms with Crippen LogP contribution in [0.1, 0.15) is 21.7 Å². The van der Waals surface area contributed by atoms with Gasteiger partial charge < -0.3 is 9.30 Å². The van der Waals surface area contributed by atoms with Crippen molar-refractivity contribution < 1.29 is 27.1 Å². The molecule has 118 valence electrons. The second kappa shape index (κ2) is 5.43. The predicted octanol–water partition coefficient (Wildman–Crippen LogP) is 3.05. The number of carbonyl (C=O) groups is 1. The molecule has 2 aromatic rings.